The van der Waals surface area contributed by atoms with Gasteiger partial charge in [0.15, 0.2) is 0 Å². The van der Waals surface area contributed by atoms with Crippen LogP contribution in [0.2, 0.25) is 0 Å². The molecule has 4 heteroatoms. The molecule has 1 aliphatic heterocycles. The van der Waals surface area contributed by atoms with Crippen LogP contribution in [0.5, 0.6) is 0 Å². The average molecular weight is 236 g/mol. The van der Waals surface area contributed by atoms with Crippen LogP contribution in [-0.4, -0.2) is 23.7 Å². The van der Waals surface area contributed by atoms with E-state index in [9.17, 15) is 4.79 Å². The first kappa shape index (κ1) is 11.6. The highest BCUT2D eigenvalue weighted by Gasteiger charge is 2.37. The first-order valence-electron chi connectivity index (χ1n) is 3.72. The Morgan fingerprint density at radius 3 is 2.67 bits per heavy atom. The summed E-state index contributed by atoms with van der Waals surface area (Å²) in [4.78, 5) is 10.8. The van der Waals surface area contributed by atoms with Gasteiger partial charge in [-0.25, -0.2) is 0 Å². The standard InChI is InChI=1S/C8H13NO2.BrH/c1-6-8(2,7(10)11)4-3-5-9-6;/h3-4,6,9H,5H2,1-2H3,(H,10,11);1H. The van der Waals surface area contributed by atoms with Crippen molar-refractivity contribution in [3.63, 3.8) is 0 Å². The molecule has 0 saturated heterocycles. The van der Waals surface area contributed by atoms with Crippen LogP contribution in [0.4, 0.5) is 0 Å². The Bertz CT molecular complexity index is 205. The van der Waals surface area contributed by atoms with E-state index in [1.807, 2.05) is 13.0 Å². The smallest absolute Gasteiger partial charge is 0.314 e. The van der Waals surface area contributed by atoms with Crippen molar-refractivity contribution in [3.8, 4) is 0 Å². The fourth-order valence-corrected chi connectivity index (χ4v) is 1.16. The summed E-state index contributed by atoms with van der Waals surface area (Å²) >= 11 is 0. The summed E-state index contributed by atoms with van der Waals surface area (Å²) in [5.41, 5.74) is -0.738. The van der Waals surface area contributed by atoms with Crippen LogP contribution in [-0.2, 0) is 4.79 Å². The molecular formula is C8H14BrNO2. The molecule has 0 aromatic carbocycles. The molecule has 2 atom stereocenters. The summed E-state index contributed by atoms with van der Waals surface area (Å²) in [6.07, 6.45) is 3.62. The van der Waals surface area contributed by atoms with Gasteiger partial charge in [0.1, 0.15) is 0 Å². The van der Waals surface area contributed by atoms with E-state index in [1.54, 1.807) is 13.0 Å². The van der Waals surface area contributed by atoms with Crippen LogP contribution in [0, 0.1) is 5.41 Å². The predicted octanol–water partition coefficient (Wildman–Crippen LogP) is 1.20. The van der Waals surface area contributed by atoms with Gasteiger partial charge in [-0.05, 0) is 13.8 Å². The Morgan fingerprint density at radius 1 is 1.75 bits per heavy atom. The first-order chi connectivity index (χ1) is 5.07. The molecule has 0 bridgehead atoms. The maximum Gasteiger partial charge on any atom is 0.314 e. The Hall–Kier alpha value is -0.350. The Labute approximate surface area is 82.6 Å². The van der Waals surface area contributed by atoms with E-state index in [0.29, 0.717) is 0 Å². The number of rotatable bonds is 1. The number of hydrogen-bond donors (Lipinski definition) is 2. The maximum atomic E-state index is 10.8. The lowest BCUT2D eigenvalue weighted by Gasteiger charge is -2.32. The van der Waals surface area contributed by atoms with E-state index in [2.05, 4.69) is 5.32 Å². The zero-order valence-electron chi connectivity index (χ0n) is 7.20. The van der Waals surface area contributed by atoms with E-state index < -0.39 is 11.4 Å². The lowest BCUT2D eigenvalue weighted by atomic mass is 9.81. The predicted molar refractivity (Wildman–Crippen MR) is 52.7 cm³/mol. The van der Waals surface area contributed by atoms with E-state index in [4.69, 9.17) is 5.11 Å². The molecule has 70 valence electrons. The van der Waals surface area contributed by atoms with Crippen molar-refractivity contribution in [2.75, 3.05) is 6.54 Å². The third-order valence-corrected chi connectivity index (χ3v) is 2.37. The Morgan fingerprint density at radius 2 is 2.33 bits per heavy atom. The molecule has 0 radical (unpaired) electrons. The Balaban J connectivity index is 0.00000121. The number of halogens is 1. The fourth-order valence-electron chi connectivity index (χ4n) is 1.16. The summed E-state index contributed by atoms with van der Waals surface area (Å²) in [6, 6.07) is 0.00463. The van der Waals surface area contributed by atoms with Gasteiger partial charge in [0, 0.05) is 12.6 Å². The molecule has 2 unspecified atom stereocenters. The van der Waals surface area contributed by atoms with Gasteiger partial charge in [-0.2, -0.15) is 0 Å². The van der Waals surface area contributed by atoms with E-state index in [0.717, 1.165) is 6.54 Å². The normalized spacial score (nSPS) is 34.0. The monoisotopic (exact) mass is 235 g/mol. The van der Waals surface area contributed by atoms with Crippen LogP contribution in [0.25, 0.3) is 0 Å². The molecule has 1 heterocycles. The second-order valence-corrected chi connectivity index (χ2v) is 3.12. The van der Waals surface area contributed by atoms with Gasteiger partial charge in [0.2, 0.25) is 0 Å². The highest BCUT2D eigenvalue weighted by atomic mass is 79.9. The van der Waals surface area contributed by atoms with Crippen molar-refractivity contribution >= 4 is 23.0 Å². The molecular weight excluding hydrogens is 222 g/mol. The van der Waals surface area contributed by atoms with Crippen LogP contribution >= 0.6 is 17.0 Å². The van der Waals surface area contributed by atoms with Crippen LogP contribution in [0.3, 0.4) is 0 Å². The lowest BCUT2D eigenvalue weighted by molar-refractivity contribution is -0.146. The van der Waals surface area contributed by atoms with Crippen molar-refractivity contribution in [1.82, 2.24) is 5.32 Å². The van der Waals surface area contributed by atoms with Crippen molar-refractivity contribution in [2.45, 2.75) is 19.9 Å². The van der Waals surface area contributed by atoms with Crippen LogP contribution < -0.4 is 5.32 Å². The van der Waals surface area contributed by atoms with E-state index in [1.165, 1.54) is 0 Å². The summed E-state index contributed by atoms with van der Waals surface area (Å²) in [6.45, 7) is 4.38. The third kappa shape index (κ3) is 1.87. The molecule has 1 aliphatic rings. The molecule has 0 aliphatic carbocycles. The van der Waals surface area contributed by atoms with E-state index >= 15 is 0 Å². The molecule has 0 spiro atoms. The average Bonchev–Trinajstić information content (AvgIpc) is 1.95. The number of carbonyl (C=O) groups is 1. The van der Waals surface area contributed by atoms with Gasteiger partial charge in [0.05, 0.1) is 5.41 Å². The molecule has 12 heavy (non-hydrogen) atoms. The van der Waals surface area contributed by atoms with Gasteiger partial charge in [0.25, 0.3) is 0 Å². The highest BCUT2D eigenvalue weighted by Crippen LogP contribution is 2.25. The molecule has 3 nitrogen and oxygen atoms in total. The SMILES string of the molecule is Br.CC1NCC=CC1(C)C(=O)O. The zero-order chi connectivity index (χ0) is 8.48. The van der Waals surface area contributed by atoms with Gasteiger partial charge in [-0.15, -0.1) is 17.0 Å². The molecule has 2 N–H and O–H groups in total. The number of carboxylic acid groups (broad SMARTS) is 1. The minimum Gasteiger partial charge on any atom is -0.481 e. The van der Waals surface area contributed by atoms with Crippen molar-refractivity contribution in [2.24, 2.45) is 5.41 Å². The van der Waals surface area contributed by atoms with Crippen LogP contribution in [0.1, 0.15) is 13.8 Å². The van der Waals surface area contributed by atoms with E-state index in [-0.39, 0.29) is 23.0 Å². The maximum absolute atomic E-state index is 10.8. The molecule has 0 fully saturated rings. The van der Waals surface area contributed by atoms with Gasteiger partial charge < -0.3 is 10.4 Å². The number of aliphatic carboxylic acids is 1. The van der Waals surface area contributed by atoms with Crippen molar-refractivity contribution in [1.29, 1.82) is 0 Å². The lowest BCUT2D eigenvalue weighted by Crippen LogP contribution is -2.47. The first-order valence-corrected chi connectivity index (χ1v) is 3.72. The van der Waals surface area contributed by atoms with Gasteiger partial charge in [-0.3, -0.25) is 4.79 Å². The summed E-state index contributed by atoms with van der Waals surface area (Å²) in [5, 5.41) is 12.0. The number of carboxylic acids is 1. The number of nitrogens with one attached hydrogen (secondary N) is 1. The molecule has 0 saturated carbocycles. The minimum atomic E-state index is -0.770. The molecule has 0 amide bonds. The summed E-state index contributed by atoms with van der Waals surface area (Å²) in [5.74, 6) is -0.770. The minimum absolute atomic E-state index is 0. The second-order valence-electron chi connectivity index (χ2n) is 3.12. The van der Waals surface area contributed by atoms with Gasteiger partial charge >= 0.3 is 5.97 Å². The highest BCUT2D eigenvalue weighted by molar-refractivity contribution is 8.93. The molecule has 0 aromatic rings. The topological polar surface area (TPSA) is 49.3 Å². The second kappa shape index (κ2) is 4.05. The Kier molecular flexibility index (Phi) is 3.93. The largest absolute Gasteiger partial charge is 0.481 e. The molecule has 0 aromatic heterocycles. The number of hydrogen-bond acceptors (Lipinski definition) is 2. The molecule has 1 rings (SSSR count). The zero-order valence-corrected chi connectivity index (χ0v) is 8.92. The quantitative estimate of drug-likeness (QED) is 0.672. The fraction of sp³-hybridized carbons (Fsp3) is 0.625. The van der Waals surface area contributed by atoms with Crippen molar-refractivity contribution < 1.29 is 9.90 Å². The third-order valence-electron chi connectivity index (χ3n) is 2.37. The van der Waals surface area contributed by atoms with Crippen LogP contribution in [0.15, 0.2) is 12.2 Å². The van der Waals surface area contributed by atoms with Crippen molar-refractivity contribution in [3.05, 3.63) is 12.2 Å². The van der Waals surface area contributed by atoms with Gasteiger partial charge in [-0.1, -0.05) is 12.2 Å². The summed E-state index contributed by atoms with van der Waals surface area (Å²) < 4.78 is 0. The summed E-state index contributed by atoms with van der Waals surface area (Å²) in [7, 11) is 0.